The fourth-order valence-electron chi connectivity index (χ4n) is 1.41. The fraction of sp³-hybridized carbons (Fsp3) is 0.636. The molecule has 7 heteroatoms. The van der Waals surface area contributed by atoms with Gasteiger partial charge in [-0.25, -0.2) is 13.1 Å². The molecular formula is C11H17BrClNO2S2. The predicted molar refractivity (Wildman–Crippen MR) is 80.9 cm³/mol. The Morgan fingerprint density at radius 1 is 1.44 bits per heavy atom. The van der Waals surface area contributed by atoms with E-state index in [-0.39, 0.29) is 4.21 Å². The van der Waals surface area contributed by atoms with Crippen molar-refractivity contribution in [3.05, 3.63) is 14.9 Å². The lowest BCUT2D eigenvalue weighted by Gasteiger charge is -2.06. The van der Waals surface area contributed by atoms with Crippen molar-refractivity contribution in [1.29, 1.82) is 0 Å². The number of hydrogen-bond donors (Lipinski definition) is 1. The molecule has 0 aliphatic heterocycles. The van der Waals surface area contributed by atoms with Gasteiger partial charge < -0.3 is 0 Å². The quantitative estimate of drug-likeness (QED) is 0.724. The van der Waals surface area contributed by atoms with Crippen molar-refractivity contribution in [3.8, 4) is 0 Å². The standard InChI is InChI=1S/C11H17BrClNO2S2/c1-8(2)5-3-4-6-14-18(15,16)10-7-9(13)11(12)17-10/h7-8,14H,3-6H2,1-2H3. The van der Waals surface area contributed by atoms with Gasteiger partial charge in [0.25, 0.3) is 0 Å². The van der Waals surface area contributed by atoms with Crippen LogP contribution in [0.3, 0.4) is 0 Å². The molecule has 1 rings (SSSR count). The molecule has 3 nitrogen and oxygen atoms in total. The third-order valence-corrected chi connectivity index (χ3v) is 6.80. The maximum atomic E-state index is 11.9. The molecule has 0 atom stereocenters. The zero-order valence-corrected chi connectivity index (χ0v) is 14.3. The van der Waals surface area contributed by atoms with Crippen LogP contribution in [0.1, 0.15) is 33.1 Å². The van der Waals surface area contributed by atoms with E-state index in [0.29, 0.717) is 21.3 Å². The first-order valence-electron chi connectivity index (χ1n) is 5.77. The van der Waals surface area contributed by atoms with E-state index in [4.69, 9.17) is 11.6 Å². The Kier molecular flexibility index (Phi) is 6.61. The van der Waals surface area contributed by atoms with Crippen molar-refractivity contribution in [1.82, 2.24) is 4.72 Å². The van der Waals surface area contributed by atoms with E-state index in [9.17, 15) is 8.42 Å². The summed E-state index contributed by atoms with van der Waals surface area (Å²) in [6.07, 6.45) is 3.02. The van der Waals surface area contributed by atoms with Crippen LogP contribution in [-0.4, -0.2) is 15.0 Å². The van der Waals surface area contributed by atoms with Gasteiger partial charge in [-0.05, 0) is 34.3 Å². The Balaban J connectivity index is 2.45. The summed E-state index contributed by atoms with van der Waals surface area (Å²) in [5.41, 5.74) is 0. The van der Waals surface area contributed by atoms with E-state index < -0.39 is 10.0 Å². The average Bonchev–Trinajstić information content (AvgIpc) is 2.59. The molecule has 0 radical (unpaired) electrons. The summed E-state index contributed by atoms with van der Waals surface area (Å²) in [6, 6.07) is 1.47. The smallest absolute Gasteiger partial charge is 0.210 e. The number of nitrogens with one attached hydrogen (secondary N) is 1. The molecule has 0 aliphatic carbocycles. The molecule has 1 N–H and O–H groups in total. The maximum Gasteiger partial charge on any atom is 0.250 e. The van der Waals surface area contributed by atoms with Gasteiger partial charge in [0.15, 0.2) is 0 Å². The fourth-order valence-corrected chi connectivity index (χ4v) is 4.93. The van der Waals surface area contributed by atoms with Gasteiger partial charge in [-0.3, -0.25) is 0 Å². The van der Waals surface area contributed by atoms with E-state index in [1.54, 1.807) is 0 Å². The van der Waals surface area contributed by atoms with E-state index in [2.05, 4.69) is 34.5 Å². The molecule has 0 spiro atoms. The monoisotopic (exact) mass is 373 g/mol. The van der Waals surface area contributed by atoms with Crippen molar-refractivity contribution < 1.29 is 8.42 Å². The van der Waals surface area contributed by atoms with Gasteiger partial charge in [-0.1, -0.05) is 38.3 Å². The molecule has 0 aromatic carbocycles. The normalized spacial score (nSPS) is 12.3. The van der Waals surface area contributed by atoms with Crippen LogP contribution in [0.2, 0.25) is 5.02 Å². The number of thiophene rings is 1. The van der Waals surface area contributed by atoms with Crippen molar-refractivity contribution in [3.63, 3.8) is 0 Å². The summed E-state index contributed by atoms with van der Waals surface area (Å²) in [5.74, 6) is 0.661. The van der Waals surface area contributed by atoms with Crippen LogP contribution in [0.4, 0.5) is 0 Å². The van der Waals surface area contributed by atoms with Crippen molar-refractivity contribution in [2.24, 2.45) is 5.92 Å². The first-order valence-corrected chi connectivity index (χ1v) is 9.24. The summed E-state index contributed by atoms with van der Waals surface area (Å²) < 4.78 is 27.3. The highest BCUT2D eigenvalue weighted by molar-refractivity contribution is 9.11. The Labute approximate surface area is 126 Å². The van der Waals surface area contributed by atoms with Gasteiger partial charge in [-0.15, -0.1) is 11.3 Å². The predicted octanol–water partition coefficient (Wildman–Crippen LogP) is 4.27. The highest BCUT2D eigenvalue weighted by Gasteiger charge is 2.18. The number of halogens is 2. The lowest BCUT2D eigenvalue weighted by atomic mass is 10.1. The van der Waals surface area contributed by atoms with E-state index in [1.807, 2.05) is 0 Å². The zero-order valence-electron chi connectivity index (χ0n) is 10.4. The van der Waals surface area contributed by atoms with Gasteiger partial charge in [0, 0.05) is 6.54 Å². The summed E-state index contributed by atoms with van der Waals surface area (Å²) in [5, 5.41) is 0.431. The van der Waals surface area contributed by atoms with Crippen LogP contribution < -0.4 is 4.72 Å². The molecule has 0 saturated carbocycles. The first-order chi connectivity index (χ1) is 8.33. The SMILES string of the molecule is CC(C)CCCCNS(=O)(=O)c1cc(Cl)c(Br)s1. The molecule has 0 fully saturated rings. The van der Waals surface area contributed by atoms with Crippen LogP contribution in [0.5, 0.6) is 0 Å². The Bertz CT molecular complexity index is 466. The second-order valence-corrected chi connectivity index (χ2v) is 9.25. The molecule has 1 heterocycles. The minimum atomic E-state index is -3.41. The average molecular weight is 375 g/mol. The highest BCUT2D eigenvalue weighted by Crippen LogP contribution is 2.34. The highest BCUT2D eigenvalue weighted by atomic mass is 79.9. The van der Waals surface area contributed by atoms with E-state index in [1.165, 1.54) is 6.07 Å². The van der Waals surface area contributed by atoms with Crippen LogP contribution in [0.15, 0.2) is 14.1 Å². The topological polar surface area (TPSA) is 46.2 Å². The van der Waals surface area contributed by atoms with Crippen molar-refractivity contribution in [2.45, 2.75) is 37.3 Å². The summed E-state index contributed by atoms with van der Waals surface area (Å²) in [4.78, 5) is 0. The van der Waals surface area contributed by atoms with Crippen molar-refractivity contribution >= 4 is 48.9 Å². The Morgan fingerprint density at radius 2 is 2.11 bits per heavy atom. The van der Waals surface area contributed by atoms with E-state index in [0.717, 1.165) is 30.6 Å². The minimum absolute atomic E-state index is 0.253. The second-order valence-electron chi connectivity index (χ2n) is 4.47. The molecule has 18 heavy (non-hydrogen) atoms. The Hall–Kier alpha value is 0.380. The molecule has 0 unspecified atom stereocenters. The first kappa shape index (κ1) is 16.4. The van der Waals surface area contributed by atoms with Gasteiger partial charge >= 0.3 is 0 Å². The largest absolute Gasteiger partial charge is 0.250 e. The molecule has 1 aromatic heterocycles. The summed E-state index contributed by atoms with van der Waals surface area (Å²) >= 11 is 10.2. The number of rotatable bonds is 7. The second kappa shape index (κ2) is 7.24. The Morgan fingerprint density at radius 3 is 2.61 bits per heavy atom. The van der Waals surface area contributed by atoms with Crippen LogP contribution in [-0.2, 0) is 10.0 Å². The van der Waals surface area contributed by atoms with E-state index >= 15 is 0 Å². The van der Waals surface area contributed by atoms with Crippen LogP contribution in [0, 0.1) is 5.92 Å². The van der Waals surface area contributed by atoms with Crippen LogP contribution in [0.25, 0.3) is 0 Å². The number of hydrogen-bond acceptors (Lipinski definition) is 3. The zero-order chi connectivity index (χ0) is 13.8. The van der Waals surface area contributed by atoms with Gasteiger partial charge in [0.2, 0.25) is 10.0 Å². The molecule has 0 aliphatic rings. The van der Waals surface area contributed by atoms with Gasteiger partial charge in [-0.2, -0.15) is 0 Å². The maximum absolute atomic E-state index is 11.9. The third-order valence-electron chi connectivity index (χ3n) is 2.39. The lowest BCUT2D eigenvalue weighted by molar-refractivity contribution is 0.531. The summed E-state index contributed by atoms with van der Waals surface area (Å²) in [6.45, 7) is 4.80. The molecular weight excluding hydrogens is 358 g/mol. The van der Waals surface area contributed by atoms with Crippen LogP contribution >= 0.6 is 38.9 Å². The number of sulfonamides is 1. The molecule has 0 amide bonds. The lowest BCUT2D eigenvalue weighted by Crippen LogP contribution is -2.24. The molecule has 0 saturated heterocycles. The van der Waals surface area contributed by atoms with Crippen molar-refractivity contribution in [2.75, 3.05) is 6.54 Å². The van der Waals surface area contributed by atoms with Gasteiger partial charge in [0.05, 0.1) is 8.81 Å². The summed E-state index contributed by atoms with van der Waals surface area (Å²) in [7, 11) is -3.41. The third kappa shape index (κ3) is 5.17. The minimum Gasteiger partial charge on any atom is -0.210 e. The molecule has 1 aromatic rings. The number of unbranched alkanes of at least 4 members (excludes halogenated alkanes) is 1. The molecule has 104 valence electrons. The molecule has 0 bridgehead atoms. The van der Waals surface area contributed by atoms with Gasteiger partial charge in [0.1, 0.15) is 4.21 Å².